The van der Waals surface area contributed by atoms with Crippen LogP contribution >= 0.6 is 15.9 Å². The Morgan fingerprint density at radius 2 is 1.78 bits per heavy atom. The minimum atomic E-state index is -0.834. The van der Waals surface area contributed by atoms with Crippen LogP contribution in [0.25, 0.3) is 0 Å². The molecule has 0 aromatic rings. The van der Waals surface area contributed by atoms with E-state index in [0.29, 0.717) is 42.3 Å². The number of alkyl halides is 1. The third-order valence-electron chi connectivity index (χ3n) is 9.59. The van der Waals surface area contributed by atoms with E-state index in [2.05, 4.69) is 29.8 Å². The number of aliphatic hydroxyl groups is 1. The van der Waals surface area contributed by atoms with Crippen LogP contribution in [0.1, 0.15) is 78.1 Å². The van der Waals surface area contributed by atoms with Gasteiger partial charge in [0.05, 0.1) is 10.4 Å². The standard InChI is InChI=1S/C22H33BrO4/c1-20-9-7-17(24)19(23)16(20)4-3-13-14(20)5-10-21(2)15(13)6-11-22(21,27)12-8-18(25)26/h13-16,19,27H,3-12H2,1-2H3,(H,25,26)/t13-,14+,15+,16-,19?,20-,21+,22-/m1/s1. The molecule has 27 heavy (non-hydrogen) atoms. The molecule has 0 heterocycles. The van der Waals surface area contributed by atoms with Gasteiger partial charge in [-0.05, 0) is 85.9 Å². The fraction of sp³-hybridized carbons (Fsp3) is 0.909. The first-order valence-corrected chi connectivity index (χ1v) is 11.6. The smallest absolute Gasteiger partial charge is 0.303 e. The molecule has 4 nitrogen and oxygen atoms in total. The molecule has 0 aliphatic heterocycles. The van der Waals surface area contributed by atoms with E-state index in [1.807, 2.05) is 0 Å². The lowest BCUT2D eigenvalue weighted by Gasteiger charge is -2.61. The first-order chi connectivity index (χ1) is 12.6. The van der Waals surface area contributed by atoms with Crippen LogP contribution in [0.3, 0.4) is 0 Å². The van der Waals surface area contributed by atoms with E-state index in [-0.39, 0.29) is 22.1 Å². The minimum Gasteiger partial charge on any atom is -0.481 e. The summed E-state index contributed by atoms with van der Waals surface area (Å²) in [6.07, 6.45) is 8.23. The van der Waals surface area contributed by atoms with E-state index in [9.17, 15) is 14.7 Å². The van der Waals surface area contributed by atoms with Gasteiger partial charge in [-0.3, -0.25) is 9.59 Å². The van der Waals surface area contributed by atoms with Crippen LogP contribution < -0.4 is 0 Å². The van der Waals surface area contributed by atoms with Crippen LogP contribution in [0.4, 0.5) is 0 Å². The monoisotopic (exact) mass is 440 g/mol. The van der Waals surface area contributed by atoms with E-state index >= 15 is 0 Å². The molecule has 4 aliphatic rings. The zero-order valence-corrected chi connectivity index (χ0v) is 18.1. The first-order valence-electron chi connectivity index (χ1n) is 10.7. The number of halogens is 1. The highest BCUT2D eigenvalue weighted by Crippen LogP contribution is 2.69. The third-order valence-corrected chi connectivity index (χ3v) is 10.7. The van der Waals surface area contributed by atoms with Crippen molar-refractivity contribution in [1.82, 2.24) is 0 Å². The molecule has 4 saturated carbocycles. The average molecular weight is 441 g/mol. The summed E-state index contributed by atoms with van der Waals surface area (Å²) in [5.74, 6) is 1.73. The zero-order chi connectivity index (χ0) is 19.6. The SMILES string of the molecule is C[C@]12CCC(=O)C(Br)[C@H]1CC[C@@H]1[C@@H]2CC[C@@]2(C)[C@H]1CC[C@@]2(O)CCC(=O)O. The van der Waals surface area contributed by atoms with E-state index < -0.39 is 11.6 Å². The molecule has 4 aliphatic carbocycles. The summed E-state index contributed by atoms with van der Waals surface area (Å²) in [7, 11) is 0. The second-order valence-electron chi connectivity index (χ2n) is 10.4. The van der Waals surface area contributed by atoms with E-state index in [0.717, 1.165) is 44.9 Å². The summed E-state index contributed by atoms with van der Waals surface area (Å²) in [5, 5.41) is 20.6. The Morgan fingerprint density at radius 1 is 1.07 bits per heavy atom. The second-order valence-corrected chi connectivity index (χ2v) is 11.3. The fourth-order valence-corrected chi connectivity index (χ4v) is 9.02. The van der Waals surface area contributed by atoms with Gasteiger partial charge in [-0.2, -0.15) is 0 Å². The van der Waals surface area contributed by atoms with E-state index in [1.165, 1.54) is 0 Å². The number of Topliss-reactive ketones (excluding diaryl/α,β-unsaturated/α-hetero) is 1. The van der Waals surface area contributed by atoms with Crippen molar-refractivity contribution in [3.05, 3.63) is 0 Å². The van der Waals surface area contributed by atoms with Gasteiger partial charge >= 0.3 is 5.97 Å². The maximum atomic E-state index is 12.3. The van der Waals surface area contributed by atoms with Crippen molar-refractivity contribution in [1.29, 1.82) is 0 Å². The van der Waals surface area contributed by atoms with E-state index in [1.54, 1.807) is 0 Å². The highest BCUT2D eigenvalue weighted by Gasteiger charge is 2.65. The third kappa shape index (κ3) is 2.78. The maximum Gasteiger partial charge on any atom is 0.303 e. The Labute approximate surface area is 170 Å². The van der Waals surface area contributed by atoms with Gasteiger partial charge in [0.25, 0.3) is 0 Å². The van der Waals surface area contributed by atoms with Crippen LogP contribution in [0, 0.1) is 34.5 Å². The molecule has 8 atom stereocenters. The van der Waals surface area contributed by atoms with Crippen LogP contribution in [-0.2, 0) is 9.59 Å². The van der Waals surface area contributed by atoms with Crippen molar-refractivity contribution in [3.8, 4) is 0 Å². The first kappa shape index (κ1) is 19.9. The molecule has 0 saturated heterocycles. The summed E-state index contributed by atoms with van der Waals surface area (Å²) in [5.41, 5.74) is -0.779. The molecule has 0 spiro atoms. The Morgan fingerprint density at radius 3 is 2.48 bits per heavy atom. The van der Waals surface area contributed by atoms with Crippen LogP contribution in [0.15, 0.2) is 0 Å². The highest BCUT2D eigenvalue weighted by atomic mass is 79.9. The lowest BCUT2D eigenvalue weighted by molar-refractivity contribution is -0.160. The number of carbonyl (C=O) groups is 2. The van der Waals surface area contributed by atoms with Gasteiger partial charge in [0, 0.05) is 12.8 Å². The van der Waals surface area contributed by atoms with Crippen molar-refractivity contribution in [2.24, 2.45) is 34.5 Å². The molecular weight excluding hydrogens is 408 g/mol. The molecule has 1 unspecified atom stereocenters. The fourth-order valence-electron chi connectivity index (χ4n) is 7.93. The number of aliphatic carboxylic acids is 1. The average Bonchev–Trinajstić information content (AvgIpc) is 2.89. The lowest BCUT2D eigenvalue weighted by Crippen LogP contribution is -2.58. The lowest BCUT2D eigenvalue weighted by atomic mass is 9.44. The Balaban J connectivity index is 1.59. The number of hydrogen-bond acceptors (Lipinski definition) is 3. The normalized spacial score (nSPS) is 52.0. The molecule has 2 N–H and O–H groups in total. The van der Waals surface area contributed by atoms with E-state index in [4.69, 9.17) is 5.11 Å². The van der Waals surface area contributed by atoms with Gasteiger partial charge in [0.1, 0.15) is 5.78 Å². The quantitative estimate of drug-likeness (QED) is 0.630. The molecule has 0 aromatic heterocycles. The van der Waals surface area contributed by atoms with Crippen molar-refractivity contribution < 1.29 is 19.8 Å². The predicted octanol–water partition coefficient (Wildman–Crippen LogP) is 4.57. The molecule has 0 aromatic carbocycles. The van der Waals surface area contributed by atoms with Crippen molar-refractivity contribution in [2.75, 3.05) is 0 Å². The maximum absolute atomic E-state index is 12.3. The van der Waals surface area contributed by atoms with Gasteiger partial charge in [-0.1, -0.05) is 29.8 Å². The molecule has 152 valence electrons. The summed E-state index contributed by atoms with van der Waals surface area (Å²) in [6, 6.07) is 0. The molecule has 5 heteroatoms. The van der Waals surface area contributed by atoms with Crippen molar-refractivity contribution >= 4 is 27.7 Å². The second kappa shape index (κ2) is 6.55. The number of ketones is 1. The van der Waals surface area contributed by atoms with Gasteiger partial charge in [0.15, 0.2) is 0 Å². The molecule has 0 radical (unpaired) electrons. The molecular formula is C22H33BrO4. The van der Waals surface area contributed by atoms with Crippen molar-refractivity contribution in [2.45, 2.75) is 88.5 Å². The number of carboxylic acids is 1. The van der Waals surface area contributed by atoms with Crippen LogP contribution in [0.2, 0.25) is 0 Å². The highest BCUT2D eigenvalue weighted by molar-refractivity contribution is 9.10. The number of carbonyl (C=O) groups excluding carboxylic acids is 1. The summed E-state index contributed by atoms with van der Waals surface area (Å²) in [6.45, 7) is 4.65. The number of hydrogen-bond donors (Lipinski definition) is 2. The Hall–Kier alpha value is -0.420. The predicted molar refractivity (Wildman–Crippen MR) is 107 cm³/mol. The van der Waals surface area contributed by atoms with Gasteiger partial charge in [-0.25, -0.2) is 0 Å². The van der Waals surface area contributed by atoms with Gasteiger partial charge in [0.2, 0.25) is 0 Å². The topological polar surface area (TPSA) is 74.6 Å². The molecule has 0 amide bonds. The number of carboxylic acid groups (broad SMARTS) is 1. The largest absolute Gasteiger partial charge is 0.481 e. The van der Waals surface area contributed by atoms with Crippen LogP contribution in [-0.4, -0.2) is 32.4 Å². The Kier molecular flexibility index (Phi) is 4.82. The number of fused-ring (bicyclic) bond motifs is 5. The molecule has 0 bridgehead atoms. The molecule has 4 rings (SSSR count). The van der Waals surface area contributed by atoms with Gasteiger partial charge in [-0.15, -0.1) is 0 Å². The van der Waals surface area contributed by atoms with Gasteiger partial charge < -0.3 is 10.2 Å². The van der Waals surface area contributed by atoms with Crippen molar-refractivity contribution in [3.63, 3.8) is 0 Å². The Bertz CT molecular complexity index is 650. The zero-order valence-electron chi connectivity index (χ0n) is 16.5. The summed E-state index contributed by atoms with van der Waals surface area (Å²) in [4.78, 5) is 23.4. The van der Waals surface area contributed by atoms with Crippen LogP contribution in [0.5, 0.6) is 0 Å². The summed E-state index contributed by atoms with van der Waals surface area (Å²) >= 11 is 3.72. The summed E-state index contributed by atoms with van der Waals surface area (Å²) < 4.78 is 0. The number of rotatable bonds is 3. The molecule has 4 fully saturated rings. The minimum absolute atomic E-state index is 0.0154.